The van der Waals surface area contributed by atoms with Gasteiger partial charge in [0.05, 0.1) is 40.4 Å². The first kappa shape index (κ1) is 36.2. The number of fused-ring (bicyclic) bond motifs is 2. The lowest BCUT2D eigenvalue weighted by Gasteiger charge is -2.09. The van der Waals surface area contributed by atoms with E-state index in [9.17, 15) is 13.6 Å². The van der Waals surface area contributed by atoms with Crippen LogP contribution in [0.3, 0.4) is 0 Å². The minimum atomic E-state index is -0.997. The fraction of sp³-hybridized carbons (Fsp3) is 0. The van der Waals surface area contributed by atoms with E-state index in [0.717, 1.165) is 22.9 Å². The molecule has 0 saturated heterocycles. The number of hydrogen-bond acceptors (Lipinski definition) is 10. The zero-order valence-corrected chi connectivity index (χ0v) is 30.5. The minimum Gasteiger partial charge on any atom is -0.478 e. The quantitative estimate of drug-likeness (QED) is 0.140. The Kier molecular flexibility index (Phi) is 9.56. The van der Waals surface area contributed by atoms with Gasteiger partial charge in [0.15, 0.2) is 11.3 Å². The molecule has 13 nitrogen and oxygen atoms in total. The summed E-state index contributed by atoms with van der Waals surface area (Å²) in [5.74, 6) is -0.665. The van der Waals surface area contributed by atoms with E-state index in [-0.39, 0.29) is 5.56 Å². The molecule has 0 unspecified atom stereocenters. The Morgan fingerprint density at radius 3 is 1.37 bits per heavy atom. The van der Waals surface area contributed by atoms with Crippen LogP contribution >= 0.6 is 0 Å². The predicted octanol–water partition coefficient (Wildman–Crippen LogP) is 8.87. The maximum atomic E-state index is 14.6. The third-order valence-electron chi connectivity index (χ3n) is 9.30. The van der Waals surface area contributed by atoms with E-state index >= 15 is 0 Å². The van der Waals surface area contributed by atoms with E-state index < -0.39 is 17.6 Å². The van der Waals surface area contributed by atoms with Crippen molar-refractivity contribution >= 4 is 28.3 Å². The second kappa shape index (κ2) is 15.6. The van der Waals surface area contributed by atoms with Crippen LogP contribution in [0, 0.1) is 11.6 Å². The van der Waals surface area contributed by atoms with Gasteiger partial charge in [0.2, 0.25) is 0 Å². The summed E-state index contributed by atoms with van der Waals surface area (Å²) >= 11 is 0. The lowest BCUT2D eigenvalue weighted by Crippen LogP contribution is -1.95. The number of carboxylic acid groups (broad SMARTS) is 1. The van der Waals surface area contributed by atoms with Gasteiger partial charge >= 0.3 is 5.97 Å². The molecular formula is C44H27F2N11O2. The number of aromatic nitrogens is 11. The Balaban J connectivity index is 0.000000153. The van der Waals surface area contributed by atoms with Gasteiger partial charge in [0.1, 0.15) is 23.3 Å². The van der Waals surface area contributed by atoms with Crippen LogP contribution in [0.25, 0.3) is 89.9 Å². The third kappa shape index (κ3) is 7.34. The van der Waals surface area contributed by atoms with E-state index in [2.05, 4.69) is 44.9 Å². The second-order valence-electron chi connectivity index (χ2n) is 13.0. The van der Waals surface area contributed by atoms with Crippen molar-refractivity contribution in [3.05, 3.63) is 164 Å². The molecule has 1 aromatic carbocycles. The van der Waals surface area contributed by atoms with E-state index in [4.69, 9.17) is 15.1 Å². The zero-order chi connectivity index (χ0) is 40.3. The summed E-state index contributed by atoms with van der Waals surface area (Å²) in [5.41, 5.74) is 8.80. The highest BCUT2D eigenvalue weighted by atomic mass is 19.1. The molecule has 0 radical (unpaired) electrons. The molecule has 15 heteroatoms. The molecule has 9 aromatic heterocycles. The number of nitrogens with zero attached hydrogens (tertiary/aromatic N) is 9. The Bertz CT molecular complexity index is 3110. The molecule has 0 amide bonds. The lowest BCUT2D eigenvalue weighted by atomic mass is 10.0. The van der Waals surface area contributed by atoms with Crippen LogP contribution in [0.5, 0.6) is 0 Å². The number of pyridine rings is 7. The standard InChI is InChI=1S/C23H14FN5O2.C21H13FN6/c24-18-12-26-9-7-16(18)17-10-19-22(28-20(17)15-2-1-8-25-11-15)29-21(27-19)13-3-5-14(6-4-13)23(30)31;22-17-12-25-9-5-15(17)16-10-18-21(27-19(16)14-2-1-6-24-11-14)28-20(26-18)13-3-7-23-8-4-13/h1-12H,(H,30,31)(H,27,28,29);1-12H,(H,26,27,28). The summed E-state index contributed by atoms with van der Waals surface area (Å²) in [5, 5.41) is 9.09. The van der Waals surface area contributed by atoms with Gasteiger partial charge in [-0.2, -0.15) is 0 Å². The van der Waals surface area contributed by atoms with Crippen molar-refractivity contribution in [2.75, 3.05) is 0 Å². The van der Waals surface area contributed by atoms with Crippen molar-refractivity contribution in [3.63, 3.8) is 0 Å². The van der Waals surface area contributed by atoms with Crippen molar-refractivity contribution in [3.8, 4) is 67.5 Å². The van der Waals surface area contributed by atoms with Gasteiger partial charge in [-0.15, -0.1) is 0 Å². The number of imidazole rings is 2. The first-order valence-electron chi connectivity index (χ1n) is 18.0. The lowest BCUT2D eigenvalue weighted by molar-refractivity contribution is 0.0697. The smallest absolute Gasteiger partial charge is 0.335 e. The SMILES string of the molecule is Fc1cnccc1-c1cc2[nH]c(-c3ccncc3)nc2nc1-c1cccnc1.O=C(O)c1ccc(-c2nc3nc(-c4cccnc4)c(-c4ccncc4F)cc3[nH]2)cc1. The number of halogens is 2. The summed E-state index contributed by atoms with van der Waals surface area (Å²) in [4.78, 5) is 56.2. The molecule has 284 valence electrons. The average molecular weight is 780 g/mol. The largest absolute Gasteiger partial charge is 0.478 e. The molecule has 3 N–H and O–H groups in total. The number of H-pyrrole nitrogens is 2. The Morgan fingerprint density at radius 2 is 0.932 bits per heavy atom. The molecule has 0 saturated carbocycles. The average Bonchev–Trinajstić information content (AvgIpc) is 3.91. The van der Waals surface area contributed by atoms with Gasteiger partial charge in [0.25, 0.3) is 0 Å². The van der Waals surface area contributed by atoms with E-state index in [1.54, 1.807) is 79.8 Å². The van der Waals surface area contributed by atoms with Crippen molar-refractivity contribution in [1.82, 2.24) is 54.8 Å². The molecule has 0 fully saturated rings. The fourth-order valence-corrected chi connectivity index (χ4v) is 6.48. The number of rotatable bonds is 7. The second-order valence-corrected chi connectivity index (χ2v) is 13.0. The monoisotopic (exact) mass is 779 g/mol. The molecule has 10 rings (SSSR count). The van der Waals surface area contributed by atoms with Gasteiger partial charge in [-0.3, -0.25) is 24.9 Å². The topological polar surface area (TPSA) is 185 Å². The normalized spacial score (nSPS) is 11.0. The van der Waals surface area contributed by atoms with Crippen molar-refractivity contribution in [1.29, 1.82) is 0 Å². The molecule has 0 atom stereocenters. The maximum absolute atomic E-state index is 14.6. The Morgan fingerprint density at radius 1 is 0.475 bits per heavy atom. The van der Waals surface area contributed by atoms with Crippen LogP contribution in [0.2, 0.25) is 0 Å². The highest BCUT2D eigenvalue weighted by Gasteiger charge is 2.19. The van der Waals surface area contributed by atoms with Crippen LogP contribution < -0.4 is 0 Å². The molecule has 10 aromatic rings. The van der Waals surface area contributed by atoms with Gasteiger partial charge < -0.3 is 15.1 Å². The van der Waals surface area contributed by atoms with E-state index in [1.807, 2.05) is 36.4 Å². The number of hydrogen-bond donors (Lipinski definition) is 3. The summed E-state index contributed by atoms with van der Waals surface area (Å²) in [6, 6.07) is 24.3. The number of benzene rings is 1. The Hall–Kier alpha value is -8.46. The number of carboxylic acids is 1. The van der Waals surface area contributed by atoms with Crippen molar-refractivity contribution in [2.24, 2.45) is 0 Å². The molecule has 0 spiro atoms. The zero-order valence-electron chi connectivity index (χ0n) is 30.5. The maximum Gasteiger partial charge on any atom is 0.335 e. The van der Waals surface area contributed by atoms with Gasteiger partial charge in [-0.05, 0) is 72.8 Å². The number of aromatic carboxylic acids is 1. The first-order valence-corrected chi connectivity index (χ1v) is 18.0. The first-order chi connectivity index (χ1) is 28.9. The van der Waals surface area contributed by atoms with Gasteiger partial charge in [0, 0.05) is 94.1 Å². The van der Waals surface area contributed by atoms with Crippen LogP contribution in [-0.2, 0) is 0 Å². The summed E-state index contributed by atoms with van der Waals surface area (Å²) < 4.78 is 29.1. The van der Waals surface area contributed by atoms with E-state index in [1.165, 1.54) is 24.5 Å². The van der Waals surface area contributed by atoms with E-state index in [0.29, 0.717) is 73.2 Å². The number of carbonyl (C=O) groups is 1. The molecule has 59 heavy (non-hydrogen) atoms. The molecule has 0 bridgehead atoms. The summed E-state index contributed by atoms with van der Waals surface area (Å²) in [7, 11) is 0. The molecule has 9 heterocycles. The Labute approximate surface area is 332 Å². The van der Waals surface area contributed by atoms with Crippen LogP contribution in [0.1, 0.15) is 10.4 Å². The molecule has 0 aliphatic heterocycles. The highest BCUT2D eigenvalue weighted by Crippen LogP contribution is 2.36. The van der Waals surface area contributed by atoms with Crippen LogP contribution in [0.15, 0.2) is 147 Å². The van der Waals surface area contributed by atoms with Crippen LogP contribution in [0.4, 0.5) is 8.78 Å². The number of aromatic amines is 2. The van der Waals surface area contributed by atoms with Crippen molar-refractivity contribution < 1.29 is 18.7 Å². The highest BCUT2D eigenvalue weighted by molar-refractivity contribution is 5.92. The molecular weight excluding hydrogens is 753 g/mol. The fourth-order valence-electron chi connectivity index (χ4n) is 6.48. The van der Waals surface area contributed by atoms with Crippen LogP contribution in [-0.4, -0.2) is 65.9 Å². The van der Waals surface area contributed by atoms with Gasteiger partial charge in [-0.1, -0.05) is 12.1 Å². The molecule has 0 aliphatic carbocycles. The summed E-state index contributed by atoms with van der Waals surface area (Å²) in [6.45, 7) is 0. The van der Waals surface area contributed by atoms with Crippen molar-refractivity contribution in [2.45, 2.75) is 0 Å². The minimum absolute atomic E-state index is 0.187. The third-order valence-corrected chi connectivity index (χ3v) is 9.30. The predicted molar refractivity (Wildman–Crippen MR) is 216 cm³/mol. The van der Waals surface area contributed by atoms with Gasteiger partial charge in [-0.25, -0.2) is 33.5 Å². The summed E-state index contributed by atoms with van der Waals surface area (Å²) in [6.07, 6.45) is 15.6. The number of nitrogens with one attached hydrogen (secondary N) is 2. The molecule has 0 aliphatic rings.